The van der Waals surface area contributed by atoms with E-state index in [1.807, 2.05) is 0 Å². The van der Waals surface area contributed by atoms with Crippen molar-refractivity contribution in [1.82, 2.24) is 0 Å². The van der Waals surface area contributed by atoms with Crippen LogP contribution >= 0.6 is 0 Å². The summed E-state index contributed by atoms with van der Waals surface area (Å²) in [6.07, 6.45) is -3.77. The summed E-state index contributed by atoms with van der Waals surface area (Å²) in [5, 5.41) is 0. The molecular formula is C16H22F6Sn. The van der Waals surface area contributed by atoms with Crippen molar-refractivity contribution in [3.8, 4) is 0 Å². The molecule has 0 bridgehead atoms. The van der Waals surface area contributed by atoms with Gasteiger partial charge in [-0.05, 0) is 0 Å². The van der Waals surface area contributed by atoms with Crippen molar-refractivity contribution in [2.24, 2.45) is 0 Å². The van der Waals surface area contributed by atoms with Crippen molar-refractivity contribution in [2.75, 3.05) is 0 Å². The van der Waals surface area contributed by atoms with E-state index in [4.69, 9.17) is 0 Å². The van der Waals surface area contributed by atoms with Gasteiger partial charge in [-0.2, -0.15) is 0 Å². The number of alkyl halides is 5. The van der Waals surface area contributed by atoms with E-state index in [-0.39, 0.29) is 12.5 Å². The topological polar surface area (TPSA) is 0 Å². The predicted octanol–water partition coefficient (Wildman–Crippen LogP) is 5.82. The van der Waals surface area contributed by atoms with Gasteiger partial charge >= 0.3 is 137 Å². The monoisotopic (exact) mass is 448 g/mol. The second kappa shape index (κ2) is 8.12. The van der Waals surface area contributed by atoms with Crippen LogP contribution in [-0.2, 0) is 0 Å². The third-order valence-corrected chi connectivity index (χ3v) is 19.5. The zero-order valence-electron chi connectivity index (χ0n) is 13.3. The van der Waals surface area contributed by atoms with Crippen LogP contribution in [0.15, 0.2) is 24.3 Å². The van der Waals surface area contributed by atoms with E-state index in [1.54, 1.807) is 13.8 Å². The molecule has 1 aromatic rings. The molecule has 0 nitrogen and oxygen atoms in total. The molecule has 0 unspecified atom stereocenters. The van der Waals surface area contributed by atoms with Crippen LogP contribution in [0.5, 0.6) is 0 Å². The number of hydrogen-bond acceptors (Lipinski definition) is 0. The third-order valence-electron chi connectivity index (χ3n) is 4.27. The Morgan fingerprint density at radius 1 is 0.826 bits per heavy atom. The summed E-state index contributed by atoms with van der Waals surface area (Å²) in [6, 6.07) is 4.28. The van der Waals surface area contributed by atoms with Crippen molar-refractivity contribution < 1.29 is 26.3 Å². The fourth-order valence-corrected chi connectivity index (χ4v) is 17.4. The van der Waals surface area contributed by atoms with Crippen molar-refractivity contribution in [2.45, 2.75) is 58.5 Å². The summed E-state index contributed by atoms with van der Waals surface area (Å²) >= 11 is -5.18. The van der Waals surface area contributed by atoms with E-state index < -0.39 is 34.3 Å². The number of halogens is 6. The second-order valence-corrected chi connectivity index (χ2v) is 18.3. The molecule has 0 heterocycles. The zero-order valence-corrected chi connectivity index (χ0v) is 16.2. The van der Waals surface area contributed by atoms with E-state index in [1.165, 1.54) is 0 Å². The fraction of sp³-hybridized carbons (Fsp3) is 0.625. The SMILES string of the molecule is CCC[CH2][Sn]([CH2]CCC)([c]1ccc(F)cc1)[C](F)(F)C(F)(F)F. The minimum absolute atomic E-state index is 0.0601. The van der Waals surface area contributed by atoms with Crippen LogP contribution < -0.4 is 3.58 Å². The van der Waals surface area contributed by atoms with Crippen molar-refractivity contribution in [3.05, 3.63) is 30.1 Å². The normalized spacial score (nSPS) is 13.4. The molecule has 1 rings (SSSR count). The van der Waals surface area contributed by atoms with Crippen LogP contribution in [-0.4, -0.2) is 28.5 Å². The zero-order chi connectivity index (χ0) is 17.7. The summed E-state index contributed by atoms with van der Waals surface area (Å²) in [5.74, 6) is -0.629. The molecule has 0 atom stereocenters. The second-order valence-electron chi connectivity index (χ2n) is 5.87. The van der Waals surface area contributed by atoms with Gasteiger partial charge in [0.15, 0.2) is 0 Å². The molecule has 0 aromatic heterocycles. The Morgan fingerprint density at radius 3 is 1.61 bits per heavy atom. The molecule has 23 heavy (non-hydrogen) atoms. The van der Waals surface area contributed by atoms with Gasteiger partial charge in [-0.25, -0.2) is 0 Å². The van der Waals surface area contributed by atoms with Gasteiger partial charge in [0.1, 0.15) is 0 Å². The summed E-state index contributed by atoms with van der Waals surface area (Å²) in [4.78, 5) is 0. The first kappa shape index (κ1) is 20.6. The van der Waals surface area contributed by atoms with Crippen LogP contribution in [0.1, 0.15) is 39.5 Å². The Hall–Kier alpha value is -0.401. The Bertz CT molecular complexity index is 472. The number of rotatable bonds is 8. The van der Waals surface area contributed by atoms with E-state index >= 15 is 0 Å². The molecule has 132 valence electrons. The molecule has 0 aliphatic rings. The standard InChI is InChI=1S/C6H4F.2C4H9.C2F5.Sn/c7-6-4-2-1-3-5-6;2*1-3-4-2;3-1(4)2(5,6)7;/h2-5H;2*1,3-4H2,2H3;;. The Morgan fingerprint density at radius 2 is 1.26 bits per heavy atom. The van der Waals surface area contributed by atoms with Gasteiger partial charge in [-0.15, -0.1) is 0 Å². The van der Waals surface area contributed by atoms with Gasteiger partial charge in [0.2, 0.25) is 0 Å². The van der Waals surface area contributed by atoms with Crippen LogP contribution in [0, 0.1) is 5.82 Å². The van der Waals surface area contributed by atoms with Gasteiger partial charge < -0.3 is 0 Å². The Kier molecular flexibility index (Phi) is 7.29. The van der Waals surface area contributed by atoms with Crippen molar-refractivity contribution in [3.63, 3.8) is 0 Å². The van der Waals surface area contributed by atoms with Gasteiger partial charge in [0.25, 0.3) is 0 Å². The molecule has 0 N–H and O–H groups in total. The maximum atomic E-state index is 14.6. The van der Waals surface area contributed by atoms with Gasteiger partial charge in [-0.1, -0.05) is 0 Å². The Balaban J connectivity index is 3.49. The Labute approximate surface area is 137 Å². The quantitative estimate of drug-likeness (QED) is 0.348. The summed E-state index contributed by atoms with van der Waals surface area (Å²) < 4.78 is 77.0. The fourth-order valence-electron chi connectivity index (χ4n) is 2.91. The first-order valence-corrected chi connectivity index (χ1v) is 14.7. The molecule has 7 heteroatoms. The number of benzene rings is 1. The van der Waals surface area contributed by atoms with E-state index in [0.717, 1.165) is 24.3 Å². The molecule has 0 radical (unpaired) electrons. The molecule has 0 spiro atoms. The van der Waals surface area contributed by atoms with E-state index in [9.17, 15) is 26.3 Å². The van der Waals surface area contributed by atoms with Gasteiger partial charge in [0.05, 0.1) is 0 Å². The summed E-state index contributed by atoms with van der Waals surface area (Å²) in [7, 11) is 0. The van der Waals surface area contributed by atoms with Crippen LogP contribution in [0.2, 0.25) is 8.87 Å². The van der Waals surface area contributed by atoms with Crippen LogP contribution in [0.25, 0.3) is 0 Å². The average Bonchev–Trinajstić information content (AvgIpc) is 2.47. The molecule has 0 aliphatic carbocycles. The molecule has 0 saturated heterocycles. The molecule has 1 aromatic carbocycles. The molecule has 0 saturated carbocycles. The van der Waals surface area contributed by atoms with Crippen molar-refractivity contribution in [1.29, 1.82) is 0 Å². The van der Waals surface area contributed by atoms with E-state index in [0.29, 0.717) is 25.7 Å². The summed E-state index contributed by atoms with van der Waals surface area (Å²) in [6.45, 7) is 3.54. The third kappa shape index (κ3) is 4.36. The molecule has 0 amide bonds. The van der Waals surface area contributed by atoms with Crippen LogP contribution in [0.4, 0.5) is 26.3 Å². The average molecular weight is 447 g/mol. The maximum absolute atomic E-state index is 14.6. The summed E-state index contributed by atoms with van der Waals surface area (Å²) in [5.41, 5.74) is 0. The van der Waals surface area contributed by atoms with Gasteiger partial charge in [-0.3, -0.25) is 0 Å². The molecule has 0 fully saturated rings. The van der Waals surface area contributed by atoms with E-state index in [2.05, 4.69) is 0 Å². The first-order valence-electron chi connectivity index (χ1n) is 7.83. The predicted molar refractivity (Wildman–Crippen MR) is 82.2 cm³/mol. The molecule has 0 aliphatic heterocycles. The number of unbranched alkanes of at least 4 members (excludes halogenated alkanes) is 2. The number of hydrogen-bond donors (Lipinski definition) is 0. The van der Waals surface area contributed by atoms with Crippen molar-refractivity contribution >= 4 is 22.0 Å². The first-order chi connectivity index (χ1) is 10.6. The molecular weight excluding hydrogens is 425 g/mol. The van der Waals surface area contributed by atoms with Crippen LogP contribution in [0.3, 0.4) is 0 Å². The minimum atomic E-state index is -5.56. The van der Waals surface area contributed by atoms with Gasteiger partial charge in [0, 0.05) is 0 Å².